The summed E-state index contributed by atoms with van der Waals surface area (Å²) in [6, 6.07) is 18.5. The summed E-state index contributed by atoms with van der Waals surface area (Å²) >= 11 is 1.66. The molecule has 2 aromatic carbocycles. The second kappa shape index (κ2) is 4.39. The molecule has 0 aliphatic carbocycles. The van der Waals surface area contributed by atoms with Crippen LogP contribution in [0.1, 0.15) is 0 Å². The van der Waals surface area contributed by atoms with Gasteiger partial charge in [0, 0.05) is 15.7 Å². The molecule has 0 spiro atoms. The van der Waals surface area contributed by atoms with E-state index < -0.39 is 0 Å². The van der Waals surface area contributed by atoms with Crippen LogP contribution >= 0.6 is 11.9 Å². The fraction of sp³-hybridized carbons (Fsp3) is 0. The number of rotatable bonds is 2. The number of hydrogen-bond acceptors (Lipinski definition) is 1. The molecule has 0 saturated heterocycles. The van der Waals surface area contributed by atoms with E-state index in [1.165, 1.54) is 15.7 Å². The first-order chi connectivity index (χ1) is 8.77. The molecular formula is C16H13NS. The lowest BCUT2D eigenvalue weighted by Crippen LogP contribution is -2.19. The Kier molecular flexibility index (Phi) is 2.73. The van der Waals surface area contributed by atoms with Gasteiger partial charge in [-0.25, -0.2) is 0 Å². The summed E-state index contributed by atoms with van der Waals surface area (Å²) in [5, 5.41) is 4.35. The molecule has 18 heavy (non-hydrogen) atoms. The number of nitrogens with zero attached hydrogens (tertiary/aromatic N) is 1. The van der Waals surface area contributed by atoms with Gasteiger partial charge >= 0.3 is 0 Å². The topological polar surface area (TPSA) is 4.93 Å². The summed E-state index contributed by atoms with van der Waals surface area (Å²) in [6.45, 7) is 8.34. The van der Waals surface area contributed by atoms with E-state index in [2.05, 4.69) is 41.4 Å². The minimum atomic E-state index is 1.00. The lowest BCUT2D eigenvalue weighted by molar-refractivity contribution is 1.18. The molecule has 0 aliphatic heterocycles. The highest BCUT2D eigenvalue weighted by atomic mass is 32.2. The predicted octanol–water partition coefficient (Wildman–Crippen LogP) is 3.02. The smallest absolute Gasteiger partial charge is 0.0536 e. The SMILES string of the molecule is C=c1c2ccccc2c(=C)n1Sc1ccccc1. The lowest BCUT2D eigenvalue weighted by Gasteiger charge is -2.02. The van der Waals surface area contributed by atoms with Gasteiger partial charge in [-0.2, -0.15) is 0 Å². The molecule has 3 aromatic rings. The van der Waals surface area contributed by atoms with Crippen LogP contribution in [0, 0.1) is 0 Å². The van der Waals surface area contributed by atoms with E-state index in [4.69, 9.17) is 0 Å². The maximum atomic E-state index is 4.17. The Labute approximate surface area is 110 Å². The van der Waals surface area contributed by atoms with Gasteiger partial charge in [0.05, 0.1) is 10.7 Å². The third kappa shape index (κ3) is 1.75. The van der Waals surface area contributed by atoms with Crippen molar-refractivity contribution in [3.63, 3.8) is 0 Å². The van der Waals surface area contributed by atoms with Crippen LogP contribution in [0.2, 0.25) is 0 Å². The van der Waals surface area contributed by atoms with Crippen LogP contribution in [0.4, 0.5) is 0 Å². The zero-order valence-corrected chi connectivity index (χ0v) is 10.8. The first-order valence-electron chi connectivity index (χ1n) is 5.78. The highest BCUT2D eigenvalue weighted by Crippen LogP contribution is 2.18. The molecule has 0 radical (unpaired) electrons. The van der Waals surface area contributed by atoms with Crippen molar-refractivity contribution in [1.82, 2.24) is 3.97 Å². The van der Waals surface area contributed by atoms with Gasteiger partial charge in [0.2, 0.25) is 0 Å². The van der Waals surface area contributed by atoms with Crippen LogP contribution in [0.25, 0.3) is 23.9 Å². The van der Waals surface area contributed by atoms with E-state index in [0.29, 0.717) is 0 Å². The van der Waals surface area contributed by atoms with E-state index >= 15 is 0 Å². The van der Waals surface area contributed by atoms with Gasteiger partial charge in [0.25, 0.3) is 0 Å². The van der Waals surface area contributed by atoms with Gasteiger partial charge in [-0.05, 0) is 24.1 Å². The molecule has 0 unspecified atom stereocenters. The van der Waals surface area contributed by atoms with Gasteiger partial charge in [0.15, 0.2) is 0 Å². The van der Waals surface area contributed by atoms with Gasteiger partial charge in [-0.3, -0.25) is 3.97 Å². The summed E-state index contributed by atoms with van der Waals surface area (Å²) < 4.78 is 2.10. The number of aromatic nitrogens is 1. The first-order valence-corrected chi connectivity index (χ1v) is 6.55. The maximum Gasteiger partial charge on any atom is 0.0536 e. The highest BCUT2D eigenvalue weighted by molar-refractivity contribution is 7.97. The Morgan fingerprint density at radius 2 is 1.22 bits per heavy atom. The zero-order valence-electron chi connectivity index (χ0n) is 9.97. The van der Waals surface area contributed by atoms with Gasteiger partial charge in [0.1, 0.15) is 0 Å². The fourth-order valence-corrected chi connectivity index (χ4v) is 2.97. The van der Waals surface area contributed by atoms with Crippen molar-refractivity contribution < 1.29 is 0 Å². The number of fused-ring (bicyclic) bond motifs is 1. The molecule has 0 bridgehead atoms. The first kappa shape index (κ1) is 11.2. The summed E-state index contributed by atoms with van der Waals surface area (Å²) in [7, 11) is 0. The van der Waals surface area contributed by atoms with Gasteiger partial charge in [-0.1, -0.05) is 55.6 Å². The molecule has 0 amide bonds. The third-order valence-corrected chi connectivity index (χ3v) is 4.09. The Morgan fingerprint density at radius 1 is 0.722 bits per heavy atom. The summed E-state index contributed by atoms with van der Waals surface area (Å²) in [5.74, 6) is 0. The average molecular weight is 251 g/mol. The van der Waals surface area contributed by atoms with Crippen LogP contribution in [0.3, 0.4) is 0 Å². The number of hydrogen-bond donors (Lipinski definition) is 0. The zero-order chi connectivity index (χ0) is 12.5. The Bertz CT molecular complexity index is 740. The van der Waals surface area contributed by atoms with E-state index in [1.807, 2.05) is 30.3 Å². The lowest BCUT2D eigenvalue weighted by atomic mass is 10.2. The predicted molar refractivity (Wildman–Crippen MR) is 79.9 cm³/mol. The van der Waals surface area contributed by atoms with E-state index in [-0.39, 0.29) is 0 Å². The molecule has 0 atom stereocenters. The molecule has 1 aromatic heterocycles. The molecule has 0 fully saturated rings. The Balaban J connectivity index is 2.19. The molecule has 1 nitrogen and oxygen atoms in total. The second-order valence-electron chi connectivity index (χ2n) is 4.14. The van der Waals surface area contributed by atoms with Crippen molar-refractivity contribution >= 4 is 35.9 Å². The fourth-order valence-electron chi connectivity index (χ4n) is 2.07. The van der Waals surface area contributed by atoms with Crippen molar-refractivity contribution in [1.29, 1.82) is 0 Å². The van der Waals surface area contributed by atoms with Gasteiger partial charge in [-0.15, -0.1) is 0 Å². The molecule has 1 heterocycles. The quantitative estimate of drug-likeness (QED) is 0.678. The molecule has 3 rings (SSSR count). The monoisotopic (exact) mass is 251 g/mol. The number of benzene rings is 2. The van der Waals surface area contributed by atoms with Crippen molar-refractivity contribution in [2.24, 2.45) is 0 Å². The molecular weight excluding hydrogens is 238 g/mol. The maximum absolute atomic E-state index is 4.17. The van der Waals surface area contributed by atoms with Crippen molar-refractivity contribution in [2.75, 3.05) is 0 Å². The van der Waals surface area contributed by atoms with Gasteiger partial charge < -0.3 is 0 Å². The van der Waals surface area contributed by atoms with Crippen LogP contribution < -0.4 is 10.7 Å². The Hall–Kier alpha value is -1.93. The largest absolute Gasteiger partial charge is 0.280 e. The average Bonchev–Trinajstić information content (AvgIpc) is 2.66. The minimum Gasteiger partial charge on any atom is -0.280 e. The summed E-state index contributed by atoms with van der Waals surface area (Å²) in [5.41, 5.74) is 0. The minimum absolute atomic E-state index is 1.00. The van der Waals surface area contributed by atoms with Crippen molar-refractivity contribution in [2.45, 2.75) is 4.90 Å². The standard InChI is InChI=1S/C16H13NS/c1-12-15-10-6-7-11-16(15)13(2)17(12)18-14-8-4-3-5-9-14/h3-11H,1-2H2. The summed E-state index contributed by atoms with van der Waals surface area (Å²) in [4.78, 5) is 1.19. The van der Waals surface area contributed by atoms with Crippen molar-refractivity contribution in [3.05, 3.63) is 65.3 Å². The molecule has 0 aliphatic rings. The van der Waals surface area contributed by atoms with Crippen LogP contribution in [-0.2, 0) is 0 Å². The molecule has 0 saturated carbocycles. The van der Waals surface area contributed by atoms with E-state index in [0.717, 1.165) is 10.7 Å². The van der Waals surface area contributed by atoms with E-state index in [9.17, 15) is 0 Å². The molecule has 0 N–H and O–H groups in total. The van der Waals surface area contributed by atoms with Crippen molar-refractivity contribution in [3.8, 4) is 0 Å². The third-order valence-electron chi connectivity index (χ3n) is 2.98. The van der Waals surface area contributed by atoms with Crippen LogP contribution in [0.15, 0.2) is 59.5 Å². The van der Waals surface area contributed by atoms with Crippen LogP contribution in [-0.4, -0.2) is 3.97 Å². The second-order valence-corrected chi connectivity index (χ2v) is 5.16. The summed E-state index contributed by atoms with van der Waals surface area (Å²) in [6.07, 6.45) is 0. The molecule has 88 valence electrons. The normalized spacial score (nSPS) is 10.9. The van der Waals surface area contributed by atoms with E-state index in [1.54, 1.807) is 11.9 Å². The molecule has 2 heteroatoms. The van der Waals surface area contributed by atoms with Crippen LogP contribution in [0.5, 0.6) is 0 Å². The Morgan fingerprint density at radius 3 is 1.78 bits per heavy atom. The highest BCUT2D eigenvalue weighted by Gasteiger charge is 2.05.